The summed E-state index contributed by atoms with van der Waals surface area (Å²) < 4.78 is 26.6. The fourth-order valence-corrected chi connectivity index (χ4v) is 4.19. The number of aromatic nitrogens is 1. The Balaban J connectivity index is 2.27. The minimum absolute atomic E-state index is 0.309. The summed E-state index contributed by atoms with van der Waals surface area (Å²) in [4.78, 5) is 14.5. The molecule has 0 amide bonds. The number of hydrogen-bond donors (Lipinski definition) is 2. The lowest BCUT2D eigenvalue weighted by Crippen LogP contribution is -2.27. The fraction of sp³-hybridized carbons (Fsp3) is 0.167. The van der Waals surface area contributed by atoms with Crippen molar-refractivity contribution in [2.24, 2.45) is 0 Å². The monoisotopic (exact) mass is 346 g/mol. The number of carboxylic acid groups (broad SMARTS) is 1. The van der Waals surface area contributed by atoms with Crippen LogP contribution in [0.3, 0.4) is 0 Å². The molecule has 0 saturated heterocycles. The van der Waals surface area contributed by atoms with Crippen LogP contribution in [0.25, 0.3) is 0 Å². The fourth-order valence-electron chi connectivity index (χ4n) is 1.67. The van der Waals surface area contributed by atoms with Crippen LogP contribution in [-0.2, 0) is 10.0 Å². The number of benzene rings is 1. The molecule has 21 heavy (non-hydrogen) atoms. The van der Waals surface area contributed by atoms with Crippen molar-refractivity contribution in [3.63, 3.8) is 0 Å². The molecule has 9 heteroatoms. The standard InChI is InChI=1S/C12H11ClN2O4S2/c1-7(8-2-4-9(13)5-3-8)15-21(18,19)12-10(11(16)17)14-6-20-12/h2-7,15H,1H3,(H,16,17)/t7-/m0/s1. The predicted octanol–water partition coefficient (Wildman–Crippen LogP) is 2.53. The number of aromatic carboxylic acids is 1. The first kappa shape index (κ1) is 15.9. The number of thiazole rings is 1. The van der Waals surface area contributed by atoms with Crippen molar-refractivity contribution in [3.05, 3.63) is 46.1 Å². The van der Waals surface area contributed by atoms with E-state index in [0.29, 0.717) is 10.6 Å². The molecule has 0 spiro atoms. The van der Waals surface area contributed by atoms with Gasteiger partial charge in [0.2, 0.25) is 0 Å². The van der Waals surface area contributed by atoms with Crippen molar-refractivity contribution < 1.29 is 18.3 Å². The summed E-state index contributed by atoms with van der Waals surface area (Å²) in [6.45, 7) is 1.66. The van der Waals surface area contributed by atoms with Gasteiger partial charge in [-0.2, -0.15) is 0 Å². The molecule has 2 rings (SSSR count). The SMILES string of the molecule is C[C@H](NS(=O)(=O)c1scnc1C(=O)O)c1ccc(Cl)cc1. The van der Waals surface area contributed by atoms with Gasteiger partial charge in [0.25, 0.3) is 10.0 Å². The van der Waals surface area contributed by atoms with Gasteiger partial charge in [0.05, 0.1) is 5.51 Å². The van der Waals surface area contributed by atoms with Crippen LogP contribution in [0.2, 0.25) is 5.02 Å². The molecule has 0 aliphatic carbocycles. The Kier molecular flexibility index (Phi) is 4.62. The Morgan fingerprint density at radius 1 is 1.38 bits per heavy atom. The van der Waals surface area contributed by atoms with Gasteiger partial charge < -0.3 is 5.11 Å². The van der Waals surface area contributed by atoms with Crippen molar-refractivity contribution in [2.45, 2.75) is 17.2 Å². The topological polar surface area (TPSA) is 96.4 Å². The first-order chi connectivity index (χ1) is 9.81. The number of nitrogens with zero attached hydrogens (tertiary/aromatic N) is 1. The first-order valence-corrected chi connectivity index (χ1v) is 8.50. The number of carbonyl (C=O) groups is 1. The van der Waals surface area contributed by atoms with Crippen molar-refractivity contribution in [2.75, 3.05) is 0 Å². The van der Waals surface area contributed by atoms with Crippen LogP contribution < -0.4 is 4.72 Å². The first-order valence-electron chi connectivity index (χ1n) is 5.76. The summed E-state index contributed by atoms with van der Waals surface area (Å²) in [6, 6.07) is 6.16. The van der Waals surface area contributed by atoms with E-state index in [1.165, 1.54) is 5.51 Å². The highest BCUT2D eigenvalue weighted by Gasteiger charge is 2.27. The van der Waals surface area contributed by atoms with Crippen molar-refractivity contribution >= 4 is 38.9 Å². The lowest BCUT2D eigenvalue weighted by atomic mass is 10.1. The van der Waals surface area contributed by atoms with Crippen LogP contribution >= 0.6 is 22.9 Å². The van der Waals surface area contributed by atoms with E-state index in [1.807, 2.05) is 0 Å². The van der Waals surface area contributed by atoms with E-state index in [2.05, 4.69) is 9.71 Å². The number of sulfonamides is 1. The summed E-state index contributed by atoms with van der Waals surface area (Å²) in [5.41, 5.74) is 1.42. The summed E-state index contributed by atoms with van der Waals surface area (Å²) >= 11 is 6.54. The summed E-state index contributed by atoms with van der Waals surface area (Å²) in [5.74, 6) is -1.38. The van der Waals surface area contributed by atoms with E-state index < -0.39 is 27.7 Å². The van der Waals surface area contributed by atoms with Gasteiger partial charge in [0.15, 0.2) is 9.90 Å². The minimum atomic E-state index is -3.96. The lowest BCUT2D eigenvalue weighted by Gasteiger charge is -2.14. The highest BCUT2D eigenvalue weighted by atomic mass is 35.5. The molecule has 112 valence electrons. The smallest absolute Gasteiger partial charge is 0.356 e. The number of hydrogen-bond acceptors (Lipinski definition) is 5. The molecule has 0 fully saturated rings. The van der Waals surface area contributed by atoms with E-state index in [0.717, 1.165) is 11.3 Å². The number of nitrogens with one attached hydrogen (secondary N) is 1. The second-order valence-corrected chi connectivity index (χ2v) is 7.39. The third-order valence-corrected chi connectivity index (χ3v) is 5.85. The van der Waals surface area contributed by atoms with E-state index in [9.17, 15) is 13.2 Å². The van der Waals surface area contributed by atoms with Gasteiger partial charge in [-0.3, -0.25) is 0 Å². The molecule has 2 aromatic rings. The molecule has 1 aromatic carbocycles. The molecule has 1 heterocycles. The number of rotatable bonds is 5. The van der Waals surface area contributed by atoms with Crippen LogP contribution in [0, 0.1) is 0 Å². The van der Waals surface area contributed by atoms with Crippen LogP contribution in [-0.4, -0.2) is 24.5 Å². The van der Waals surface area contributed by atoms with E-state index in [4.69, 9.17) is 16.7 Å². The average molecular weight is 347 g/mol. The maximum absolute atomic E-state index is 12.2. The zero-order valence-electron chi connectivity index (χ0n) is 10.8. The van der Waals surface area contributed by atoms with Gasteiger partial charge >= 0.3 is 5.97 Å². The molecule has 1 atom stereocenters. The molecule has 0 radical (unpaired) electrons. The number of carboxylic acids is 1. The maximum Gasteiger partial charge on any atom is 0.356 e. The summed E-state index contributed by atoms with van der Waals surface area (Å²) in [7, 11) is -3.96. The Bertz CT molecular complexity index is 756. The molecular weight excluding hydrogens is 336 g/mol. The third kappa shape index (κ3) is 3.59. The van der Waals surface area contributed by atoms with Gasteiger partial charge in [-0.25, -0.2) is 22.9 Å². The summed E-state index contributed by atoms with van der Waals surface area (Å²) in [6.07, 6.45) is 0. The maximum atomic E-state index is 12.2. The second-order valence-electron chi connectivity index (χ2n) is 4.19. The molecule has 6 nitrogen and oxygen atoms in total. The average Bonchev–Trinajstić information content (AvgIpc) is 2.89. The highest BCUT2D eigenvalue weighted by molar-refractivity contribution is 7.91. The van der Waals surface area contributed by atoms with Gasteiger partial charge in [-0.15, -0.1) is 11.3 Å². The van der Waals surface area contributed by atoms with Crippen molar-refractivity contribution in [1.82, 2.24) is 9.71 Å². The van der Waals surface area contributed by atoms with E-state index in [-0.39, 0.29) is 4.21 Å². The Labute approximate surface area is 130 Å². The van der Waals surface area contributed by atoms with Crippen LogP contribution in [0.1, 0.15) is 29.0 Å². The Morgan fingerprint density at radius 3 is 2.57 bits per heavy atom. The molecule has 0 unspecified atom stereocenters. The van der Waals surface area contributed by atoms with Crippen LogP contribution in [0.15, 0.2) is 34.0 Å². The predicted molar refractivity (Wildman–Crippen MR) is 79.3 cm³/mol. The van der Waals surface area contributed by atoms with Gasteiger partial charge in [-0.05, 0) is 24.6 Å². The van der Waals surface area contributed by atoms with E-state index >= 15 is 0 Å². The van der Waals surface area contributed by atoms with E-state index in [1.54, 1.807) is 31.2 Å². The molecular formula is C12H11ClN2O4S2. The molecule has 0 aliphatic rings. The molecule has 1 aromatic heterocycles. The van der Waals surface area contributed by atoms with Crippen LogP contribution in [0.4, 0.5) is 0 Å². The third-order valence-electron chi connectivity index (χ3n) is 2.68. The zero-order chi connectivity index (χ0) is 15.6. The van der Waals surface area contributed by atoms with Crippen molar-refractivity contribution in [3.8, 4) is 0 Å². The molecule has 0 bridgehead atoms. The molecule has 2 N–H and O–H groups in total. The van der Waals surface area contributed by atoms with Gasteiger partial charge in [0, 0.05) is 11.1 Å². The minimum Gasteiger partial charge on any atom is -0.476 e. The number of halogens is 1. The zero-order valence-corrected chi connectivity index (χ0v) is 13.2. The largest absolute Gasteiger partial charge is 0.476 e. The molecule has 0 saturated carbocycles. The lowest BCUT2D eigenvalue weighted by molar-refractivity contribution is 0.0687. The Morgan fingerprint density at radius 2 is 2.00 bits per heavy atom. The second kappa shape index (κ2) is 6.10. The van der Waals surface area contributed by atoms with Crippen LogP contribution in [0.5, 0.6) is 0 Å². The normalized spacial score (nSPS) is 13.0. The quantitative estimate of drug-likeness (QED) is 0.867. The molecule has 0 aliphatic heterocycles. The van der Waals surface area contributed by atoms with Gasteiger partial charge in [-0.1, -0.05) is 23.7 Å². The van der Waals surface area contributed by atoms with Gasteiger partial charge in [0.1, 0.15) is 0 Å². The van der Waals surface area contributed by atoms with Crippen molar-refractivity contribution in [1.29, 1.82) is 0 Å². The highest BCUT2D eigenvalue weighted by Crippen LogP contribution is 2.23. The summed E-state index contributed by atoms with van der Waals surface area (Å²) in [5, 5.41) is 9.48. The Hall–Kier alpha value is -1.48.